The summed E-state index contributed by atoms with van der Waals surface area (Å²) in [4.78, 5) is 21.9. The van der Waals surface area contributed by atoms with Crippen molar-refractivity contribution in [3.05, 3.63) is 0 Å². The SMILES string of the molecule is CC1(NC(=O)CSCC(=O)O)CCCCC1. The zero-order valence-corrected chi connectivity index (χ0v) is 10.4. The van der Waals surface area contributed by atoms with Crippen LogP contribution in [0, 0.1) is 0 Å². The molecule has 0 saturated heterocycles. The second kappa shape index (κ2) is 6.13. The molecule has 1 amide bonds. The summed E-state index contributed by atoms with van der Waals surface area (Å²) in [5.74, 6) is -0.691. The minimum atomic E-state index is -0.873. The van der Waals surface area contributed by atoms with E-state index in [1.807, 2.05) is 0 Å². The number of hydrogen-bond acceptors (Lipinski definition) is 3. The zero-order chi connectivity index (χ0) is 12.0. The van der Waals surface area contributed by atoms with Crippen LogP contribution in [0.25, 0.3) is 0 Å². The lowest BCUT2D eigenvalue weighted by atomic mass is 9.83. The first-order valence-corrected chi connectivity index (χ1v) is 6.78. The predicted octanol–water partition coefficient (Wildman–Crippen LogP) is 1.64. The third-order valence-electron chi connectivity index (χ3n) is 2.86. The molecule has 16 heavy (non-hydrogen) atoms. The maximum Gasteiger partial charge on any atom is 0.313 e. The number of carbonyl (C=O) groups is 2. The van der Waals surface area contributed by atoms with Crippen LogP contribution in [0.2, 0.25) is 0 Å². The number of carboxylic acid groups (broad SMARTS) is 1. The summed E-state index contributed by atoms with van der Waals surface area (Å²) in [6.45, 7) is 2.08. The van der Waals surface area contributed by atoms with E-state index in [0.717, 1.165) is 24.6 Å². The molecule has 1 fully saturated rings. The monoisotopic (exact) mass is 245 g/mol. The van der Waals surface area contributed by atoms with Gasteiger partial charge in [0.1, 0.15) is 0 Å². The number of carboxylic acids is 1. The van der Waals surface area contributed by atoms with Gasteiger partial charge in [0.15, 0.2) is 0 Å². The van der Waals surface area contributed by atoms with Gasteiger partial charge in [0.25, 0.3) is 0 Å². The molecule has 0 heterocycles. The van der Waals surface area contributed by atoms with Crippen LogP contribution in [0.1, 0.15) is 39.0 Å². The first kappa shape index (κ1) is 13.4. The van der Waals surface area contributed by atoms with Gasteiger partial charge in [0.05, 0.1) is 11.5 Å². The Hall–Kier alpha value is -0.710. The van der Waals surface area contributed by atoms with E-state index < -0.39 is 5.97 Å². The molecule has 2 N–H and O–H groups in total. The number of nitrogens with one attached hydrogen (secondary N) is 1. The van der Waals surface area contributed by atoms with E-state index in [4.69, 9.17) is 5.11 Å². The van der Waals surface area contributed by atoms with Gasteiger partial charge in [-0.2, -0.15) is 0 Å². The Labute approximate surface area is 100 Å². The van der Waals surface area contributed by atoms with Crippen LogP contribution in [0.15, 0.2) is 0 Å². The molecule has 0 bridgehead atoms. The highest BCUT2D eigenvalue weighted by Gasteiger charge is 2.27. The van der Waals surface area contributed by atoms with Gasteiger partial charge in [0, 0.05) is 5.54 Å². The van der Waals surface area contributed by atoms with E-state index in [1.165, 1.54) is 19.3 Å². The van der Waals surface area contributed by atoms with Crippen molar-refractivity contribution in [3.8, 4) is 0 Å². The number of carbonyl (C=O) groups excluding carboxylic acids is 1. The molecule has 0 aromatic heterocycles. The summed E-state index contributed by atoms with van der Waals surface area (Å²) in [5.41, 5.74) is -0.0703. The third-order valence-corrected chi connectivity index (χ3v) is 3.77. The highest BCUT2D eigenvalue weighted by Crippen LogP contribution is 2.27. The average molecular weight is 245 g/mol. The molecule has 1 rings (SSSR count). The van der Waals surface area contributed by atoms with Crippen molar-refractivity contribution in [2.75, 3.05) is 11.5 Å². The van der Waals surface area contributed by atoms with Crippen LogP contribution >= 0.6 is 11.8 Å². The standard InChI is InChI=1S/C11H19NO3S/c1-11(5-3-2-4-6-11)12-9(13)7-16-8-10(14)15/h2-8H2,1H3,(H,12,13)(H,14,15). The van der Waals surface area contributed by atoms with E-state index in [9.17, 15) is 9.59 Å². The molecule has 0 unspecified atom stereocenters. The molecule has 0 aromatic carbocycles. The summed E-state index contributed by atoms with van der Waals surface area (Å²) in [6, 6.07) is 0. The summed E-state index contributed by atoms with van der Waals surface area (Å²) in [6.07, 6.45) is 5.64. The maximum absolute atomic E-state index is 11.6. The normalized spacial score (nSPS) is 19.1. The molecule has 0 aromatic rings. The molecule has 92 valence electrons. The fourth-order valence-corrected chi connectivity index (χ4v) is 2.60. The third kappa shape index (κ3) is 4.88. The van der Waals surface area contributed by atoms with Gasteiger partial charge in [-0.15, -0.1) is 11.8 Å². The topological polar surface area (TPSA) is 66.4 Å². The van der Waals surface area contributed by atoms with E-state index in [2.05, 4.69) is 12.2 Å². The molecule has 1 aliphatic carbocycles. The van der Waals surface area contributed by atoms with Gasteiger partial charge in [-0.3, -0.25) is 9.59 Å². The van der Waals surface area contributed by atoms with Gasteiger partial charge in [0.2, 0.25) is 5.91 Å². The van der Waals surface area contributed by atoms with Gasteiger partial charge < -0.3 is 10.4 Å². The van der Waals surface area contributed by atoms with Crippen molar-refractivity contribution in [3.63, 3.8) is 0 Å². The molecule has 1 aliphatic rings. The minimum absolute atomic E-state index is 0.00979. The number of hydrogen-bond donors (Lipinski definition) is 2. The lowest BCUT2D eigenvalue weighted by molar-refractivity contribution is -0.133. The summed E-state index contributed by atoms with van der Waals surface area (Å²) in [5, 5.41) is 11.5. The summed E-state index contributed by atoms with van der Waals surface area (Å²) >= 11 is 1.15. The lowest BCUT2D eigenvalue weighted by Gasteiger charge is -2.34. The van der Waals surface area contributed by atoms with Crippen molar-refractivity contribution >= 4 is 23.6 Å². The van der Waals surface area contributed by atoms with Crippen molar-refractivity contribution in [1.82, 2.24) is 5.32 Å². The second-order valence-electron chi connectivity index (χ2n) is 4.56. The number of rotatable bonds is 5. The van der Waals surface area contributed by atoms with Crippen molar-refractivity contribution in [1.29, 1.82) is 0 Å². The molecule has 4 nitrogen and oxygen atoms in total. The largest absolute Gasteiger partial charge is 0.481 e. The summed E-state index contributed by atoms with van der Waals surface area (Å²) in [7, 11) is 0. The zero-order valence-electron chi connectivity index (χ0n) is 9.62. The Balaban J connectivity index is 2.24. The number of amides is 1. The fraction of sp³-hybridized carbons (Fsp3) is 0.818. The fourth-order valence-electron chi connectivity index (χ4n) is 2.06. The van der Waals surface area contributed by atoms with Gasteiger partial charge in [-0.05, 0) is 19.8 Å². The Morgan fingerprint density at radius 2 is 1.88 bits per heavy atom. The van der Waals surface area contributed by atoms with Gasteiger partial charge in [-0.1, -0.05) is 19.3 Å². The Kier molecular flexibility index (Phi) is 5.12. The molecule has 0 radical (unpaired) electrons. The van der Waals surface area contributed by atoms with E-state index in [0.29, 0.717) is 0 Å². The Morgan fingerprint density at radius 1 is 1.25 bits per heavy atom. The quantitative estimate of drug-likeness (QED) is 0.773. The second-order valence-corrected chi connectivity index (χ2v) is 5.54. The summed E-state index contributed by atoms with van der Waals surface area (Å²) < 4.78 is 0. The lowest BCUT2D eigenvalue weighted by Crippen LogP contribution is -2.47. The van der Waals surface area contributed by atoms with Crippen molar-refractivity contribution < 1.29 is 14.7 Å². The molecule has 5 heteroatoms. The first-order valence-electron chi connectivity index (χ1n) is 5.62. The van der Waals surface area contributed by atoms with Crippen LogP contribution in [-0.2, 0) is 9.59 Å². The smallest absolute Gasteiger partial charge is 0.313 e. The van der Waals surface area contributed by atoms with Crippen LogP contribution in [0.3, 0.4) is 0 Å². The predicted molar refractivity (Wildman–Crippen MR) is 64.6 cm³/mol. The van der Waals surface area contributed by atoms with Crippen LogP contribution in [0.5, 0.6) is 0 Å². The molecule has 1 saturated carbocycles. The highest BCUT2D eigenvalue weighted by atomic mass is 32.2. The number of thioether (sulfide) groups is 1. The minimum Gasteiger partial charge on any atom is -0.481 e. The van der Waals surface area contributed by atoms with Crippen molar-refractivity contribution in [2.45, 2.75) is 44.6 Å². The molecular weight excluding hydrogens is 226 g/mol. The first-order chi connectivity index (χ1) is 7.52. The van der Waals surface area contributed by atoms with Crippen LogP contribution in [-0.4, -0.2) is 34.0 Å². The van der Waals surface area contributed by atoms with Gasteiger partial charge in [-0.25, -0.2) is 0 Å². The maximum atomic E-state index is 11.6. The Bertz CT molecular complexity index is 262. The van der Waals surface area contributed by atoms with E-state index >= 15 is 0 Å². The molecule has 0 spiro atoms. The van der Waals surface area contributed by atoms with Crippen LogP contribution < -0.4 is 5.32 Å². The van der Waals surface area contributed by atoms with E-state index in [1.54, 1.807) is 0 Å². The van der Waals surface area contributed by atoms with Crippen molar-refractivity contribution in [2.24, 2.45) is 0 Å². The molecule has 0 atom stereocenters. The average Bonchev–Trinajstić information content (AvgIpc) is 2.17. The highest BCUT2D eigenvalue weighted by molar-refractivity contribution is 8.00. The molecule has 0 aliphatic heterocycles. The van der Waals surface area contributed by atoms with E-state index in [-0.39, 0.29) is 23.0 Å². The molecular formula is C11H19NO3S. The Morgan fingerprint density at radius 3 is 2.44 bits per heavy atom. The van der Waals surface area contributed by atoms with Gasteiger partial charge >= 0.3 is 5.97 Å². The van der Waals surface area contributed by atoms with Crippen LogP contribution in [0.4, 0.5) is 0 Å². The number of aliphatic carboxylic acids is 1.